The molecule has 0 aliphatic heterocycles. The Morgan fingerprint density at radius 1 is 1.53 bits per heavy atom. The van der Waals surface area contributed by atoms with E-state index in [1.54, 1.807) is 0 Å². The maximum atomic E-state index is 11.1. The summed E-state index contributed by atoms with van der Waals surface area (Å²) in [6, 6.07) is 4.50. The van der Waals surface area contributed by atoms with Gasteiger partial charge in [0.25, 0.3) is 9.05 Å². The number of benzene rings is 1. The van der Waals surface area contributed by atoms with Crippen molar-refractivity contribution in [1.29, 1.82) is 5.26 Å². The lowest BCUT2D eigenvalue weighted by Gasteiger charge is -2.07. The van der Waals surface area contributed by atoms with Gasteiger partial charge in [-0.05, 0) is 24.1 Å². The molecular weight excluding hydrogens is 238 g/mol. The molecule has 0 aromatic heterocycles. The van der Waals surface area contributed by atoms with Gasteiger partial charge >= 0.3 is 0 Å². The lowest BCUT2D eigenvalue weighted by atomic mass is 10.0. The normalized spacial score (nSPS) is 11.1. The molecule has 0 heterocycles. The van der Waals surface area contributed by atoms with Gasteiger partial charge in [-0.2, -0.15) is 5.26 Å². The molecule has 0 fully saturated rings. The Bertz CT molecular complexity index is 531. The van der Waals surface area contributed by atoms with Gasteiger partial charge in [0, 0.05) is 10.7 Å². The van der Waals surface area contributed by atoms with Gasteiger partial charge in [-0.1, -0.05) is 6.07 Å². The van der Waals surface area contributed by atoms with Gasteiger partial charge in [-0.3, -0.25) is 0 Å². The molecule has 0 saturated heterocycles. The summed E-state index contributed by atoms with van der Waals surface area (Å²) in [5.74, 6) is 0. The molecule has 1 N–H and O–H groups in total. The molecule has 80 valence electrons. The van der Waals surface area contributed by atoms with E-state index in [9.17, 15) is 8.42 Å². The Labute approximate surface area is 92.1 Å². The van der Waals surface area contributed by atoms with Crippen LogP contribution in [0, 0.1) is 18.3 Å². The van der Waals surface area contributed by atoms with E-state index in [0.29, 0.717) is 5.56 Å². The van der Waals surface area contributed by atoms with Crippen molar-refractivity contribution < 1.29 is 13.5 Å². The molecule has 0 atom stereocenters. The number of hydrogen-bond acceptors (Lipinski definition) is 4. The monoisotopic (exact) mass is 245 g/mol. The lowest BCUT2D eigenvalue weighted by Crippen LogP contribution is -2.00. The van der Waals surface area contributed by atoms with E-state index in [2.05, 4.69) is 0 Å². The Hall–Kier alpha value is -1.09. The van der Waals surface area contributed by atoms with Crippen LogP contribution in [0.25, 0.3) is 0 Å². The zero-order valence-electron chi connectivity index (χ0n) is 7.86. The molecule has 0 saturated carbocycles. The molecular formula is C9H8ClNO3S. The number of hydrogen-bond donors (Lipinski definition) is 1. The van der Waals surface area contributed by atoms with E-state index in [-0.39, 0.29) is 22.6 Å². The van der Waals surface area contributed by atoms with Crippen molar-refractivity contribution >= 4 is 19.7 Å². The molecule has 6 heteroatoms. The van der Waals surface area contributed by atoms with Crippen molar-refractivity contribution in [3.8, 4) is 6.07 Å². The average Bonchev–Trinajstić information content (AvgIpc) is 2.15. The van der Waals surface area contributed by atoms with Crippen LogP contribution in [0.3, 0.4) is 0 Å². The van der Waals surface area contributed by atoms with Gasteiger partial charge in [0.15, 0.2) is 0 Å². The Morgan fingerprint density at radius 2 is 2.13 bits per heavy atom. The Morgan fingerprint density at radius 3 is 2.53 bits per heavy atom. The molecule has 0 aliphatic rings. The molecule has 1 rings (SSSR count). The maximum Gasteiger partial charge on any atom is 0.261 e. The third-order valence-corrected chi connectivity index (χ3v) is 3.51. The van der Waals surface area contributed by atoms with Crippen LogP contribution < -0.4 is 0 Å². The Balaban J connectivity index is 3.59. The average molecular weight is 246 g/mol. The summed E-state index contributed by atoms with van der Waals surface area (Å²) in [5.41, 5.74) is 0.803. The first-order valence-electron chi connectivity index (χ1n) is 4.00. The Kier molecular flexibility index (Phi) is 3.35. The highest BCUT2D eigenvalue weighted by molar-refractivity contribution is 8.13. The van der Waals surface area contributed by atoms with E-state index >= 15 is 0 Å². The molecule has 0 spiro atoms. The fourth-order valence-corrected chi connectivity index (χ4v) is 2.50. The fraction of sp³-hybridized carbons (Fsp3) is 0.222. The summed E-state index contributed by atoms with van der Waals surface area (Å²) in [5, 5.41) is 17.8. The number of rotatable bonds is 2. The summed E-state index contributed by atoms with van der Waals surface area (Å²) >= 11 is 0. The van der Waals surface area contributed by atoms with Crippen LogP contribution in [0.5, 0.6) is 0 Å². The standard InChI is InChI=1S/C9H8ClNO3S/c1-6-8(4-11)7(5-12)2-3-9(6)15(10,13)14/h2-3,12H,5H2,1H3. The van der Waals surface area contributed by atoms with Crippen molar-refractivity contribution in [2.45, 2.75) is 18.4 Å². The fourth-order valence-electron chi connectivity index (χ4n) is 1.30. The minimum absolute atomic E-state index is 0.0992. The van der Waals surface area contributed by atoms with Gasteiger partial charge < -0.3 is 5.11 Å². The molecule has 0 radical (unpaired) electrons. The second-order valence-electron chi connectivity index (χ2n) is 2.93. The molecule has 0 unspecified atom stereocenters. The van der Waals surface area contributed by atoms with Crippen LogP contribution in [-0.2, 0) is 15.7 Å². The van der Waals surface area contributed by atoms with Gasteiger partial charge in [-0.15, -0.1) is 0 Å². The van der Waals surface area contributed by atoms with Crippen LogP contribution in [-0.4, -0.2) is 13.5 Å². The molecule has 0 bridgehead atoms. The summed E-state index contributed by atoms with van der Waals surface area (Å²) in [4.78, 5) is -0.0992. The third-order valence-electron chi connectivity index (χ3n) is 2.05. The van der Waals surface area contributed by atoms with E-state index in [1.807, 2.05) is 6.07 Å². The minimum Gasteiger partial charge on any atom is -0.392 e. The van der Waals surface area contributed by atoms with Crippen LogP contribution in [0.1, 0.15) is 16.7 Å². The second-order valence-corrected chi connectivity index (χ2v) is 5.46. The van der Waals surface area contributed by atoms with Crippen molar-refractivity contribution in [2.75, 3.05) is 0 Å². The second kappa shape index (κ2) is 4.19. The van der Waals surface area contributed by atoms with Gasteiger partial charge in [0.05, 0.1) is 23.1 Å². The predicted molar refractivity (Wildman–Crippen MR) is 54.9 cm³/mol. The van der Waals surface area contributed by atoms with Crippen LogP contribution in [0.4, 0.5) is 0 Å². The number of aliphatic hydroxyl groups is 1. The summed E-state index contributed by atoms with van der Waals surface area (Å²) in [7, 11) is 1.34. The number of halogens is 1. The van der Waals surface area contributed by atoms with E-state index in [4.69, 9.17) is 21.1 Å². The van der Waals surface area contributed by atoms with Crippen LogP contribution in [0.2, 0.25) is 0 Å². The van der Waals surface area contributed by atoms with Crippen molar-refractivity contribution in [3.63, 3.8) is 0 Å². The largest absolute Gasteiger partial charge is 0.392 e. The first-order chi connectivity index (χ1) is 6.91. The van der Waals surface area contributed by atoms with Gasteiger partial charge in [0.2, 0.25) is 0 Å². The van der Waals surface area contributed by atoms with E-state index < -0.39 is 9.05 Å². The van der Waals surface area contributed by atoms with E-state index in [1.165, 1.54) is 19.1 Å². The SMILES string of the molecule is Cc1c(S(=O)(=O)Cl)ccc(CO)c1C#N. The summed E-state index contributed by atoms with van der Waals surface area (Å²) in [6.45, 7) is 1.17. The molecule has 15 heavy (non-hydrogen) atoms. The van der Waals surface area contributed by atoms with Crippen molar-refractivity contribution in [2.24, 2.45) is 0 Å². The number of aliphatic hydroxyl groups excluding tert-OH is 1. The molecule has 4 nitrogen and oxygen atoms in total. The minimum atomic E-state index is -3.85. The molecule has 0 amide bonds. The van der Waals surface area contributed by atoms with Crippen LogP contribution >= 0.6 is 10.7 Å². The van der Waals surface area contributed by atoms with Crippen molar-refractivity contribution in [1.82, 2.24) is 0 Å². The first kappa shape index (κ1) is 12.0. The summed E-state index contributed by atoms with van der Waals surface area (Å²) < 4.78 is 22.2. The van der Waals surface area contributed by atoms with Crippen LogP contribution in [0.15, 0.2) is 17.0 Å². The van der Waals surface area contributed by atoms with Gasteiger partial charge in [0.1, 0.15) is 0 Å². The zero-order valence-corrected chi connectivity index (χ0v) is 9.43. The zero-order chi connectivity index (χ0) is 11.6. The lowest BCUT2D eigenvalue weighted by molar-refractivity contribution is 0.281. The van der Waals surface area contributed by atoms with Gasteiger partial charge in [-0.25, -0.2) is 8.42 Å². The first-order valence-corrected chi connectivity index (χ1v) is 6.31. The molecule has 0 aliphatic carbocycles. The number of nitrogens with zero attached hydrogens (tertiary/aromatic N) is 1. The van der Waals surface area contributed by atoms with Crippen molar-refractivity contribution in [3.05, 3.63) is 28.8 Å². The quantitative estimate of drug-likeness (QED) is 0.797. The predicted octanol–water partition coefficient (Wildman–Crippen LogP) is 1.29. The smallest absolute Gasteiger partial charge is 0.261 e. The maximum absolute atomic E-state index is 11.1. The highest BCUT2D eigenvalue weighted by atomic mass is 35.7. The topological polar surface area (TPSA) is 78.2 Å². The third kappa shape index (κ3) is 2.29. The number of nitriles is 1. The van der Waals surface area contributed by atoms with E-state index in [0.717, 1.165) is 0 Å². The highest BCUT2D eigenvalue weighted by Crippen LogP contribution is 2.24. The highest BCUT2D eigenvalue weighted by Gasteiger charge is 2.17. The molecule has 1 aromatic carbocycles. The summed E-state index contributed by atoms with van der Waals surface area (Å²) in [6.07, 6.45) is 0. The molecule has 1 aromatic rings.